The van der Waals surface area contributed by atoms with Crippen molar-refractivity contribution < 1.29 is 9.84 Å². The minimum Gasteiger partial charge on any atom is -0.386 e. The molecule has 1 aromatic carbocycles. The van der Waals surface area contributed by atoms with Gasteiger partial charge in [0.25, 0.3) is 0 Å². The summed E-state index contributed by atoms with van der Waals surface area (Å²) in [4.78, 5) is 0. The van der Waals surface area contributed by atoms with Gasteiger partial charge in [-0.3, -0.25) is 0 Å². The second-order valence-corrected chi connectivity index (χ2v) is 3.20. The quantitative estimate of drug-likeness (QED) is 0.725. The lowest BCUT2D eigenvalue weighted by Gasteiger charge is -2.13. The standard InChI is InChI=1S/C12H16O2/c1-3-10(2)14-9-12(13)11-7-5-4-6-8-11/h3-8,10,12-13H,1,9H2,2H3. The first-order valence-corrected chi connectivity index (χ1v) is 4.71. The summed E-state index contributed by atoms with van der Waals surface area (Å²) in [5.74, 6) is 0. The van der Waals surface area contributed by atoms with Crippen molar-refractivity contribution in [1.82, 2.24) is 0 Å². The molecule has 2 nitrogen and oxygen atoms in total. The van der Waals surface area contributed by atoms with Gasteiger partial charge in [0.2, 0.25) is 0 Å². The molecule has 1 rings (SSSR count). The van der Waals surface area contributed by atoms with E-state index in [1.165, 1.54) is 0 Å². The van der Waals surface area contributed by atoms with Gasteiger partial charge in [-0.25, -0.2) is 0 Å². The van der Waals surface area contributed by atoms with E-state index >= 15 is 0 Å². The summed E-state index contributed by atoms with van der Waals surface area (Å²) in [5.41, 5.74) is 0.878. The van der Waals surface area contributed by atoms with E-state index in [-0.39, 0.29) is 6.10 Å². The third kappa shape index (κ3) is 3.32. The summed E-state index contributed by atoms with van der Waals surface area (Å²) in [6.45, 7) is 5.80. The Labute approximate surface area is 84.8 Å². The van der Waals surface area contributed by atoms with Crippen LogP contribution >= 0.6 is 0 Å². The normalized spacial score (nSPS) is 14.7. The first-order chi connectivity index (χ1) is 6.74. The minimum absolute atomic E-state index is 0.0200. The summed E-state index contributed by atoms with van der Waals surface area (Å²) in [6.07, 6.45) is 1.13. The van der Waals surface area contributed by atoms with Gasteiger partial charge in [0.15, 0.2) is 0 Å². The average Bonchev–Trinajstić information content (AvgIpc) is 2.26. The van der Waals surface area contributed by atoms with Gasteiger partial charge >= 0.3 is 0 Å². The second kappa shape index (κ2) is 5.58. The molecule has 0 spiro atoms. The highest BCUT2D eigenvalue weighted by molar-refractivity contribution is 5.17. The van der Waals surface area contributed by atoms with Crippen molar-refractivity contribution in [3.05, 3.63) is 48.6 Å². The second-order valence-electron chi connectivity index (χ2n) is 3.20. The molecule has 0 saturated heterocycles. The Bertz CT molecular complexity index is 269. The van der Waals surface area contributed by atoms with Crippen molar-refractivity contribution in [2.75, 3.05) is 6.61 Å². The zero-order chi connectivity index (χ0) is 10.4. The Morgan fingerprint density at radius 3 is 2.64 bits per heavy atom. The van der Waals surface area contributed by atoms with E-state index in [0.29, 0.717) is 6.61 Å². The van der Waals surface area contributed by atoms with Gasteiger partial charge in [-0.15, -0.1) is 6.58 Å². The van der Waals surface area contributed by atoms with Crippen LogP contribution in [0.25, 0.3) is 0 Å². The minimum atomic E-state index is -0.557. The van der Waals surface area contributed by atoms with E-state index in [2.05, 4.69) is 6.58 Å². The molecule has 0 fully saturated rings. The lowest BCUT2D eigenvalue weighted by molar-refractivity contribution is 0.0157. The van der Waals surface area contributed by atoms with Gasteiger partial charge in [0.05, 0.1) is 12.7 Å². The largest absolute Gasteiger partial charge is 0.386 e. The van der Waals surface area contributed by atoms with Crippen molar-refractivity contribution in [2.24, 2.45) is 0 Å². The highest BCUT2D eigenvalue weighted by atomic mass is 16.5. The Hall–Kier alpha value is -1.12. The van der Waals surface area contributed by atoms with E-state index in [9.17, 15) is 5.11 Å². The Morgan fingerprint density at radius 1 is 1.43 bits per heavy atom. The zero-order valence-corrected chi connectivity index (χ0v) is 8.39. The molecule has 0 aliphatic carbocycles. The average molecular weight is 192 g/mol. The van der Waals surface area contributed by atoms with Crippen LogP contribution < -0.4 is 0 Å². The SMILES string of the molecule is C=CC(C)OCC(O)c1ccccc1. The van der Waals surface area contributed by atoms with Crippen LogP contribution in [0.4, 0.5) is 0 Å². The number of benzene rings is 1. The van der Waals surface area contributed by atoms with Crippen LogP contribution in [-0.2, 0) is 4.74 Å². The van der Waals surface area contributed by atoms with Crippen LogP contribution in [0.5, 0.6) is 0 Å². The fraction of sp³-hybridized carbons (Fsp3) is 0.333. The molecule has 2 atom stereocenters. The molecular weight excluding hydrogens is 176 g/mol. The summed E-state index contributed by atoms with van der Waals surface area (Å²) < 4.78 is 5.34. The Morgan fingerprint density at radius 2 is 2.07 bits per heavy atom. The van der Waals surface area contributed by atoms with Crippen molar-refractivity contribution >= 4 is 0 Å². The van der Waals surface area contributed by atoms with E-state index < -0.39 is 6.10 Å². The van der Waals surface area contributed by atoms with E-state index in [0.717, 1.165) is 5.56 Å². The molecule has 2 unspecified atom stereocenters. The highest BCUT2D eigenvalue weighted by Gasteiger charge is 2.07. The highest BCUT2D eigenvalue weighted by Crippen LogP contribution is 2.12. The molecule has 0 aliphatic rings. The number of aliphatic hydroxyl groups excluding tert-OH is 1. The number of ether oxygens (including phenoxy) is 1. The smallest absolute Gasteiger partial charge is 0.102 e. The number of aliphatic hydroxyl groups is 1. The third-order valence-electron chi connectivity index (χ3n) is 2.03. The Balaban J connectivity index is 2.43. The molecule has 1 aromatic rings. The molecule has 0 aromatic heterocycles. The number of hydrogen-bond acceptors (Lipinski definition) is 2. The Kier molecular flexibility index (Phi) is 4.36. The van der Waals surface area contributed by atoms with E-state index in [4.69, 9.17) is 4.74 Å². The monoisotopic (exact) mass is 192 g/mol. The number of hydrogen-bond donors (Lipinski definition) is 1. The van der Waals surface area contributed by atoms with Crippen molar-refractivity contribution in [1.29, 1.82) is 0 Å². The first-order valence-electron chi connectivity index (χ1n) is 4.71. The summed E-state index contributed by atoms with van der Waals surface area (Å²) in [6, 6.07) is 9.48. The van der Waals surface area contributed by atoms with Crippen LogP contribution in [0.1, 0.15) is 18.6 Å². The van der Waals surface area contributed by atoms with Gasteiger partial charge in [-0.2, -0.15) is 0 Å². The van der Waals surface area contributed by atoms with Crippen LogP contribution in [0.15, 0.2) is 43.0 Å². The molecular formula is C12H16O2. The lowest BCUT2D eigenvalue weighted by Crippen LogP contribution is -2.12. The third-order valence-corrected chi connectivity index (χ3v) is 2.03. The summed E-state index contributed by atoms with van der Waals surface area (Å²) in [7, 11) is 0. The molecule has 1 N–H and O–H groups in total. The molecule has 0 aliphatic heterocycles. The van der Waals surface area contributed by atoms with Crippen molar-refractivity contribution in [2.45, 2.75) is 19.1 Å². The fourth-order valence-electron chi connectivity index (χ4n) is 1.08. The van der Waals surface area contributed by atoms with Crippen LogP contribution in [-0.4, -0.2) is 17.8 Å². The molecule has 0 heterocycles. The van der Waals surface area contributed by atoms with Crippen LogP contribution in [0.2, 0.25) is 0 Å². The van der Waals surface area contributed by atoms with Crippen LogP contribution in [0, 0.1) is 0 Å². The van der Waals surface area contributed by atoms with Gasteiger partial charge in [-0.05, 0) is 12.5 Å². The van der Waals surface area contributed by atoms with E-state index in [1.807, 2.05) is 37.3 Å². The topological polar surface area (TPSA) is 29.5 Å². The van der Waals surface area contributed by atoms with Gasteiger partial charge in [0, 0.05) is 0 Å². The summed E-state index contributed by atoms with van der Waals surface area (Å²) >= 11 is 0. The van der Waals surface area contributed by atoms with Gasteiger partial charge < -0.3 is 9.84 Å². The van der Waals surface area contributed by atoms with Gasteiger partial charge in [-0.1, -0.05) is 36.4 Å². The maximum absolute atomic E-state index is 9.71. The predicted molar refractivity (Wildman–Crippen MR) is 57.0 cm³/mol. The van der Waals surface area contributed by atoms with E-state index in [1.54, 1.807) is 6.08 Å². The molecule has 0 saturated carbocycles. The van der Waals surface area contributed by atoms with Crippen molar-refractivity contribution in [3.8, 4) is 0 Å². The molecule has 14 heavy (non-hydrogen) atoms. The first kappa shape index (κ1) is 11.0. The number of rotatable bonds is 5. The zero-order valence-electron chi connectivity index (χ0n) is 8.39. The molecule has 0 radical (unpaired) electrons. The van der Waals surface area contributed by atoms with Gasteiger partial charge in [0.1, 0.15) is 6.10 Å². The fourth-order valence-corrected chi connectivity index (χ4v) is 1.08. The summed E-state index contributed by atoms with van der Waals surface area (Å²) in [5, 5.41) is 9.71. The van der Waals surface area contributed by atoms with Crippen molar-refractivity contribution in [3.63, 3.8) is 0 Å². The lowest BCUT2D eigenvalue weighted by atomic mass is 10.1. The maximum Gasteiger partial charge on any atom is 0.102 e. The molecule has 2 heteroatoms. The molecule has 0 bridgehead atoms. The molecule has 76 valence electrons. The maximum atomic E-state index is 9.71. The van der Waals surface area contributed by atoms with Crippen LogP contribution in [0.3, 0.4) is 0 Å². The predicted octanol–water partition coefficient (Wildman–Crippen LogP) is 2.31. The molecule has 0 amide bonds.